The predicted octanol–water partition coefficient (Wildman–Crippen LogP) is 1.92. The van der Waals surface area contributed by atoms with Crippen molar-refractivity contribution in [2.75, 3.05) is 13.6 Å². The molecule has 3 N–H and O–H groups in total. The zero-order valence-electron chi connectivity index (χ0n) is 12.0. The summed E-state index contributed by atoms with van der Waals surface area (Å²) >= 11 is 1.56. The van der Waals surface area contributed by atoms with Crippen LogP contribution in [0.15, 0.2) is 22.5 Å². The van der Waals surface area contributed by atoms with Crippen molar-refractivity contribution in [1.29, 1.82) is 0 Å². The van der Waals surface area contributed by atoms with Gasteiger partial charge in [-0.15, -0.1) is 11.3 Å². The van der Waals surface area contributed by atoms with Gasteiger partial charge < -0.3 is 15.7 Å². The topological polar surface area (TPSA) is 56.7 Å². The fraction of sp³-hybridized carbons (Fsp3) is 0.643. The van der Waals surface area contributed by atoms with E-state index in [1.165, 1.54) is 0 Å². The molecule has 2 rings (SSSR count). The molecule has 106 valence electrons. The number of hydrogen-bond acceptors (Lipinski definition) is 3. The van der Waals surface area contributed by atoms with Crippen LogP contribution in [-0.4, -0.2) is 30.7 Å². The maximum absolute atomic E-state index is 10.4. The molecule has 0 aliphatic heterocycles. The van der Waals surface area contributed by atoms with Gasteiger partial charge in [0.15, 0.2) is 5.96 Å². The monoisotopic (exact) mass is 281 g/mol. The predicted molar refractivity (Wildman–Crippen MR) is 80.6 cm³/mol. The average Bonchev–Trinajstić information content (AvgIpc) is 2.80. The van der Waals surface area contributed by atoms with Crippen LogP contribution in [-0.2, 0) is 5.60 Å². The molecule has 1 heterocycles. The van der Waals surface area contributed by atoms with Gasteiger partial charge in [-0.2, -0.15) is 0 Å². The third-order valence-corrected chi connectivity index (χ3v) is 4.82. The maximum atomic E-state index is 10.4. The van der Waals surface area contributed by atoms with Crippen molar-refractivity contribution in [3.05, 3.63) is 22.4 Å². The molecule has 2 atom stereocenters. The number of rotatable bonds is 4. The summed E-state index contributed by atoms with van der Waals surface area (Å²) in [7, 11) is 1.75. The fourth-order valence-corrected chi connectivity index (χ4v) is 2.79. The summed E-state index contributed by atoms with van der Waals surface area (Å²) in [4.78, 5) is 5.17. The summed E-state index contributed by atoms with van der Waals surface area (Å²) in [6.07, 6.45) is 1.16. The maximum Gasteiger partial charge on any atom is 0.191 e. The quantitative estimate of drug-likeness (QED) is 0.584. The zero-order valence-corrected chi connectivity index (χ0v) is 12.8. The van der Waals surface area contributed by atoms with Crippen molar-refractivity contribution < 1.29 is 5.11 Å². The molecule has 0 saturated heterocycles. The van der Waals surface area contributed by atoms with Crippen LogP contribution >= 0.6 is 11.3 Å². The fourth-order valence-electron chi connectivity index (χ4n) is 2.00. The lowest BCUT2D eigenvalue weighted by molar-refractivity contribution is 0.0655. The first-order valence-electron chi connectivity index (χ1n) is 6.59. The highest BCUT2D eigenvalue weighted by atomic mass is 32.1. The Morgan fingerprint density at radius 2 is 2.32 bits per heavy atom. The van der Waals surface area contributed by atoms with E-state index < -0.39 is 5.60 Å². The molecule has 1 aliphatic carbocycles. The van der Waals surface area contributed by atoms with Crippen LogP contribution in [0.3, 0.4) is 0 Å². The third-order valence-electron chi connectivity index (χ3n) is 3.70. The van der Waals surface area contributed by atoms with Crippen molar-refractivity contribution >= 4 is 17.3 Å². The van der Waals surface area contributed by atoms with Gasteiger partial charge in [0.1, 0.15) is 5.60 Å². The Bertz CT molecular complexity index is 451. The molecule has 0 spiro atoms. The first-order chi connectivity index (χ1) is 8.85. The molecule has 0 aromatic carbocycles. The second kappa shape index (κ2) is 5.13. The van der Waals surface area contributed by atoms with E-state index in [0.29, 0.717) is 18.0 Å². The summed E-state index contributed by atoms with van der Waals surface area (Å²) in [5.41, 5.74) is -0.515. The van der Waals surface area contributed by atoms with Gasteiger partial charge >= 0.3 is 0 Å². The van der Waals surface area contributed by atoms with Crippen LogP contribution in [0.1, 0.15) is 32.1 Å². The Balaban J connectivity index is 1.87. The summed E-state index contributed by atoms with van der Waals surface area (Å²) in [6, 6.07) is 4.38. The Morgan fingerprint density at radius 1 is 1.63 bits per heavy atom. The molecule has 0 amide bonds. The lowest BCUT2D eigenvalue weighted by Gasteiger charge is -2.24. The van der Waals surface area contributed by atoms with Gasteiger partial charge in [-0.1, -0.05) is 19.9 Å². The van der Waals surface area contributed by atoms with Crippen LogP contribution in [0.25, 0.3) is 0 Å². The van der Waals surface area contributed by atoms with Gasteiger partial charge in [0.05, 0.1) is 6.54 Å². The smallest absolute Gasteiger partial charge is 0.191 e. The summed E-state index contributed by atoms with van der Waals surface area (Å²) in [5, 5.41) is 19.0. The molecule has 0 radical (unpaired) electrons. The van der Waals surface area contributed by atoms with Gasteiger partial charge in [0.2, 0.25) is 0 Å². The van der Waals surface area contributed by atoms with Gasteiger partial charge in [-0.3, -0.25) is 4.99 Å². The molecule has 1 fully saturated rings. The lowest BCUT2D eigenvalue weighted by atomic mass is 10.1. The van der Waals surface area contributed by atoms with E-state index in [1.807, 2.05) is 24.4 Å². The molecule has 5 heteroatoms. The van der Waals surface area contributed by atoms with Crippen LogP contribution < -0.4 is 10.6 Å². The highest BCUT2D eigenvalue weighted by molar-refractivity contribution is 7.10. The first-order valence-corrected chi connectivity index (χ1v) is 7.47. The second-order valence-electron chi connectivity index (χ2n) is 6.07. The Morgan fingerprint density at radius 3 is 2.79 bits per heavy atom. The Kier molecular flexibility index (Phi) is 3.87. The summed E-state index contributed by atoms with van der Waals surface area (Å²) in [6.45, 7) is 6.74. The second-order valence-corrected chi connectivity index (χ2v) is 7.01. The van der Waals surface area contributed by atoms with Crippen molar-refractivity contribution in [2.24, 2.45) is 10.4 Å². The van der Waals surface area contributed by atoms with Gasteiger partial charge in [-0.05, 0) is 30.2 Å². The Labute approximate surface area is 119 Å². The number of aliphatic imine (C=N–C) groups is 1. The van der Waals surface area contributed by atoms with Gasteiger partial charge in [0.25, 0.3) is 0 Å². The van der Waals surface area contributed by atoms with Crippen molar-refractivity contribution in [3.63, 3.8) is 0 Å². The number of nitrogens with one attached hydrogen (secondary N) is 2. The zero-order chi connectivity index (χ0) is 14.1. The lowest BCUT2D eigenvalue weighted by Crippen LogP contribution is -2.45. The van der Waals surface area contributed by atoms with Gasteiger partial charge in [-0.25, -0.2) is 0 Å². The first kappa shape index (κ1) is 14.3. The van der Waals surface area contributed by atoms with Crippen LogP contribution in [0.4, 0.5) is 0 Å². The number of thiophene rings is 1. The normalized spacial score (nSPS) is 24.7. The highest BCUT2D eigenvalue weighted by Gasteiger charge is 2.46. The van der Waals surface area contributed by atoms with E-state index in [9.17, 15) is 5.11 Å². The molecule has 19 heavy (non-hydrogen) atoms. The van der Waals surface area contributed by atoms with Crippen molar-refractivity contribution in [3.8, 4) is 0 Å². The highest BCUT2D eigenvalue weighted by Crippen LogP contribution is 2.44. The van der Waals surface area contributed by atoms with E-state index in [4.69, 9.17) is 0 Å². The number of aliphatic hydroxyl groups is 1. The standard InChI is InChI=1S/C14H23N3OS/c1-13(2)8-10(13)17-12(15-4)16-9-14(3,18)11-6-5-7-19-11/h5-7,10,18H,8-9H2,1-4H3,(H2,15,16,17). The molecule has 0 bridgehead atoms. The van der Waals surface area contributed by atoms with E-state index in [-0.39, 0.29) is 0 Å². The minimum atomic E-state index is -0.870. The number of hydrogen-bond donors (Lipinski definition) is 3. The van der Waals surface area contributed by atoms with E-state index in [0.717, 1.165) is 17.3 Å². The number of nitrogens with zero attached hydrogens (tertiary/aromatic N) is 1. The molecular formula is C14H23N3OS. The van der Waals surface area contributed by atoms with Crippen LogP contribution in [0, 0.1) is 5.41 Å². The molecular weight excluding hydrogens is 258 g/mol. The van der Waals surface area contributed by atoms with E-state index >= 15 is 0 Å². The summed E-state index contributed by atoms with van der Waals surface area (Å²) < 4.78 is 0. The van der Waals surface area contributed by atoms with Gasteiger partial charge in [0, 0.05) is 18.0 Å². The minimum Gasteiger partial charge on any atom is -0.383 e. The molecule has 1 aromatic heterocycles. The van der Waals surface area contributed by atoms with Crippen molar-refractivity contribution in [1.82, 2.24) is 10.6 Å². The van der Waals surface area contributed by atoms with Crippen LogP contribution in [0.5, 0.6) is 0 Å². The molecule has 1 saturated carbocycles. The Hall–Kier alpha value is -1.07. The molecule has 2 unspecified atom stereocenters. The summed E-state index contributed by atoms with van der Waals surface area (Å²) in [5.74, 6) is 0.757. The molecule has 1 aromatic rings. The van der Waals surface area contributed by atoms with Crippen molar-refractivity contribution in [2.45, 2.75) is 38.8 Å². The average molecular weight is 281 g/mol. The van der Waals surface area contributed by atoms with Crippen LogP contribution in [0.2, 0.25) is 0 Å². The molecule has 1 aliphatic rings. The van der Waals surface area contributed by atoms with E-state index in [2.05, 4.69) is 29.5 Å². The minimum absolute atomic E-state index is 0.355. The third kappa shape index (κ3) is 3.48. The van der Waals surface area contributed by atoms with E-state index in [1.54, 1.807) is 18.4 Å². The largest absolute Gasteiger partial charge is 0.383 e. The molecule has 4 nitrogen and oxygen atoms in total. The SMILES string of the molecule is CN=C(NCC(C)(O)c1cccs1)NC1CC1(C)C. The number of guanidine groups is 1.